The van der Waals surface area contributed by atoms with Crippen LogP contribution in [0.5, 0.6) is 0 Å². The molecule has 0 N–H and O–H groups in total. The van der Waals surface area contributed by atoms with Crippen molar-refractivity contribution in [3.63, 3.8) is 0 Å². The zero-order valence-electron chi connectivity index (χ0n) is 8.29. The fourth-order valence-corrected chi connectivity index (χ4v) is 2.53. The molecule has 0 unspecified atom stereocenters. The van der Waals surface area contributed by atoms with Crippen molar-refractivity contribution >= 4 is 21.6 Å². The average molecular weight is 232 g/mol. The van der Waals surface area contributed by atoms with Crippen molar-refractivity contribution in [3.05, 3.63) is 52.0 Å². The van der Waals surface area contributed by atoms with Gasteiger partial charge in [-0.2, -0.15) is 0 Å². The predicted molar refractivity (Wildman–Crippen MR) is 61.7 cm³/mol. The Kier molecular flexibility index (Phi) is 2.11. The van der Waals surface area contributed by atoms with E-state index < -0.39 is 0 Å². The van der Waals surface area contributed by atoms with E-state index in [0.717, 1.165) is 10.2 Å². The van der Waals surface area contributed by atoms with Crippen molar-refractivity contribution in [2.75, 3.05) is 0 Å². The monoisotopic (exact) mass is 232 g/mol. The van der Waals surface area contributed by atoms with E-state index in [2.05, 4.69) is 5.16 Å². The first-order chi connectivity index (χ1) is 7.84. The smallest absolute Gasteiger partial charge is 0.308 e. The number of nitrogens with zero attached hydrogens (tertiary/aromatic N) is 2. The Labute approximate surface area is 94.7 Å². The lowest BCUT2D eigenvalue weighted by atomic mass is 10.3. The lowest BCUT2D eigenvalue weighted by Crippen LogP contribution is -2.12. The average Bonchev–Trinajstić information content (AvgIpc) is 2.89. The third-order valence-electron chi connectivity index (χ3n) is 2.38. The maximum atomic E-state index is 11.8. The summed E-state index contributed by atoms with van der Waals surface area (Å²) in [7, 11) is 0. The highest BCUT2D eigenvalue weighted by molar-refractivity contribution is 7.16. The van der Waals surface area contributed by atoms with Crippen LogP contribution in [0.1, 0.15) is 5.76 Å². The Morgan fingerprint density at radius 1 is 1.31 bits per heavy atom. The van der Waals surface area contributed by atoms with Crippen LogP contribution in [-0.2, 0) is 6.54 Å². The minimum Gasteiger partial charge on any atom is -0.359 e. The third kappa shape index (κ3) is 1.45. The quantitative estimate of drug-likeness (QED) is 0.679. The second kappa shape index (κ2) is 3.61. The first-order valence-electron chi connectivity index (χ1n) is 4.82. The molecule has 0 amide bonds. The highest BCUT2D eigenvalue weighted by Gasteiger charge is 2.08. The van der Waals surface area contributed by atoms with Gasteiger partial charge in [0, 0.05) is 6.07 Å². The molecule has 0 aliphatic carbocycles. The summed E-state index contributed by atoms with van der Waals surface area (Å²) < 4.78 is 7.69. The number of thiazole rings is 1. The minimum absolute atomic E-state index is 0.0256. The van der Waals surface area contributed by atoms with E-state index >= 15 is 0 Å². The van der Waals surface area contributed by atoms with E-state index in [1.165, 1.54) is 11.3 Å². The number of benzene rings is 1. The molecule has 0 bridgehead atoms. The molecule has 0 saturated heterocycles. The van der Waals surface area contributed by atoms with Gasteiger partial charge in [-0.05, 0) is 12.1 Å². The molecule has 4 nitrogen and oxygen atoms in total. The summed E-state index contributed by atoms with van der Waals surface area (Å²) >= 11 is 1.25. The highest BCUT2D eigenvalue weighted by atomic mass is 32.1. The summed E-state index contributed by atoms with van der Waals surface area (Å²) in [5.74, 6) is 0.686. The van der Waals surface area contributed by atoms with Crippen molar-refractivity contribution in [2.45, 2.75) is 6.54 Å². The minimum atomic E-state index is 0.0256. The Morgan fingerprint density at radius 2 is 2.19 bits per heavy atom. The Hall–Kier alpha value is -1.88. The van der Waals surface area contributed by atoms with Crippen LogP contribution in [0.4, 0.5) is 0 Å². The standard InChI is InChI=1S/C11H8N2O2S/c14-11-13(7-8-5-6-12-15-8)9-3-1-2-4-10(9)16-11/h1-6H,7H2. The molecule has 2 heterocycles. The van der Waals surface area contributed by atoms with Crippen molar-refractivity contribution in [3.8, 4) is 0 Å². The van der Waals surface area contributed by atoms with Crippen LogP contribution in [-0.4, -0.2) is 9.72 Å². The van der Waals surface area contributed by atoms with Crippen LogP contribution < -0.4 is 4.87 Å². The zero-order chi connectivity index (χ0) is 11.0. The maximum Gasteiger partial charge on any atom is 0.308 e. The van der Waals surface area contributed by atoms with Gasteiger partial charge in [0.05, 0.1) is 23.0 Å². The topological polar surface area (TPSA) is 48.0 Å². The lowest BCUT2D eigenvalue weighted by Gasteiger charge is -1.99. The van der Waals surface area contributed by atoms with E-state index in [1.807, 2.05) is 24.3 Å². The molecule has 0 saturated carbocycles. The van der Waals surface area contributed by atoms with Gasteiger partial charge in [-0.3, -0.25) is 9.36 Å². The van der Waals surface area contributed by atoms with Gasteiger partial charge < -0.3 is 4.52 Å². The molecule has 1 aromatic carbocycles. The lowest BCUT2D eigenvalue weighted by molar-refractivity contribution is 0.377. The van der Waals surface area contributed by atoms with Crippen molar-refractivity contribution < 1.29 is 4.52 Å². The first-order valence-corrected chi connectivity index (χ1v) is 5.64. The van der Waals surface area contributed by atoms with Crippen LogP contribution in [0.15, 0.2) is 45.8 Å². The molecule has 0 fully saturated rings. The number of rotatable bonds is 2. The first kappa shape index (κ1) is 9.35. The van der Waals surface area contributed by atoms with Gasteiger partial charge in [-0.1, -0.05) is 28.6 Å². The molecule has 16 heavy (non-hydrogen) atoms. The molecule has 5 heteroatoms. The molecule has 0 aliphatic rings. The van der Waals surface area contributed by atoms with Crippen LogP contribution in [0, 0.1) is 0 Å². The van der Waals surface area contributed by atoms with Gasteiger partial charge in [0.15, 0.2) is 5.76 Å². The Bertz CT molecular complexity index is 667. The summed E-state index contributed by atoms with van der Waals surface area (Å²) in [4.78, 5) is 11.8. The second-order valence-electron chi connectivity index (χ2n) is 3.40. The number of fused-ring (bicyclic) bond motifs is 1. The Balaban J connectivity index is 2.16. The van der Waals surface area contributed by atoms with Gasteiger partial charge >= 0.3 is 4.87 Å². The number of aromatic nitrogens is 2. The number of hydrogen-bond donors (Lipinski definition) is 0. The normalized spacial score (nSPS) is 11.0. The number of hydrogen-bond acceptors (Lipinski definition) is 4. The molecule has 80 valence electrons. The van der Waals surface area contributed by atoms with Gasteiger partial charge in [-0.15, -0.1) is 0 Å². The van der Waals surface area contributed by atoms with Crippen molar-refractivity contribution in [2.24, 2.45) is 0 Å². The van der Waals surface area contributed by atoms with E-state index in [4.69, 9.17) is 4.52 Å². The van der Waals surface area contributed by atoms with Crippen LogP contribution in [0.25, 0.3) is 10.2 Å². The fraction of sp³-hybridized carbons (Fsp3) is 0.0909. The SMILES string of the molecule is O=c1sc2ccccc2n1Cc1ccno1. The van der Waals surface area contributed by atoms with Crippen LogP contribution in [0.3, 0.4) is 0 Å². The largest absolute Gasteiger partial charge is 0.359 e. The fourth-order valence-electron chi connectivity index (χ4n) is 1.64. The van der Waals surface area contributed by atoms with E-state index in [-0.39, 0.29) is 4.87 Å². The molecular formula is C11H8N2O2S. The van der Waals surface area contributed by atoms with E-state index in [1.54, 1.807) is 16.8 Å². The predicted octanol–water partition coefficient (Wildman–Crippen LogP) is 2.10. The number of para-hydroxylation sites is 1. The molecule has 0 radical (unpaired) electrons. The summed E-state index contributed by atoms with van der Waals surface area (Å²) in [6.45, 7) is 0.433. The summed E-state index contributed by atoms with van der Waals surface area (Å²) in [6.07, 6.45) is 1.58. The second-order valence-corrected chi connectivity index (χ2v) is 4.39. The van der Waals surface area contributed by atoms with Gasteiger partial charge in [-0.25, -0.2) is 0 Å². The van der Waals surface area contributed by atoms with Gasteiger partial charge in [0.25, 0.3) is 0 Å². The molecule has 3 aromatic rings. The molecule has 2 aromatic heterocycles. The molecule has 0 atom stereocenters. The molecule has 0 aliphatic heterocycles. The van der Waals surface area contributed by atoms with Gasteiger partial charge in [0.1, 0.15) is 0 Å². The maximum absolute atomic E-state index is 11.8. The van der Waals surface area contributed by atoms with Crippen LogP contribution in [0.2, 0.25) is 0 Å². The summed E-state index contributed by atoms with van der Waals surface area (Å²) in [5.41, 5.74) is 0.939. The van der Waals surface area contributed by atoms with E-state index in [0.29, 0.717) is 12.3 Å². The molecule has 0 spiro atoms. The molecule has 3 rings (SSSR count). The zero-order valence-corrected chi connectivity index (χ0v) is 9.11. The van der Waals surface area contributed by atoms with Gasteiger partial charge in [0.2, 0.25) is 0 Å². The molecular weight excluding hydrogens is 224 g/mol. The van der Waals surface area contributed by atoms with Crippen molar-refractivity contribution in [1.82, 2.24) is 9.72 Å². The third-order valence-corrected chi connectivity index (χ3v) is 3.34. The highest BCUT2D eigenvalue weighted by Crippen LogP contribution is 2.17. The Morgan fingerprint density at radius 3 is 3.00 bits per heavy atom. The van der Waals surface area contributed by atoms with Crippen LogP contribution >= 0.6 is 11.3 Å². The van der Waals surface area contributed by atoms with Crippen molar-refractivity contribution in [1.29, 1.82) is 0 Å². The summed E-state index contributed by atoms with van der Waals surface area (Å²) in [5, 5.41) is 3.63. The summed E-state index contributed by atoms with van der Waals surface area (Å²) in [6, 6.07) is 9.49. The van der Waals surface area contributed by atoms with E-state index in [9.17, 15) is 4.79 Å².